The van der Waals surface area contributed by atoms with Crippen molar-refractivity contribution in [2.75, 3.05) is 19.7 Å². The maximum atomic E-state index is 15.1. The summed E-state index contributed by atoms with van der Waals surface area (Å²) in [4.78, 5) is 13.9. The molecule has 5 heteroatoms. The highest BCUT2D eigenvalue weighted by Gasteiger charge is 2.33. The van der Waals surface area contributed by atoms with E-state index in [0.29, 0.717) is 37.6 Å². The van der Waals surface area contributed by atoms with Crippen LogP contribution in [-0.4, -0.2) is 30.6 Å². The number of ether oxygens (including phenoxy) is 1. The molecule has 1 aliphatic rings. The van der Waals surface area contributed by atoms with Crippen LogP contribution in [0.15, 0.2) is 77.2 Å². The van der Waals surface area contributed by atoms with Crippen molar-refractivity contribution in [3.63, 3.8) is 0 Å². The zero-order valence-corrected chi connectivity index (χ0v) is 20.4. The fraction of sp³-hybridized carbons (Fsp3) is 0.300. The number of halogens is 1. The lowest BCUT2D eigenvalue weighted by Gasteiger charge is -2.37. The molecule has 0 aliphatic carbocycles. The number of carbonyl (C=O) groups is 1. The highest BCUT2D eigenvalue weighted by Crippen LogP contribution is 2.36. The number of fused-ring (bicyclic) bond motifs is 1. The molecule has 0 N–H and O–H groups in total. The fourth-order valence-corrected chi connectivity index (χ4v) is 4.81. The summed E-state index contributed by atoms with van der Waals surface area (Å²) in [5, 5.41) is 0.954. The van der Waals surface area contributed by atoms with Gasteiger partial charge in [-0.1, -0.05) is 56.3 Å². The van der Waals surface area contributed by atoms with Gasteiger partial charge in [-0.05, 0) is 53.9 Å². The van der Waals surface area contributed by atoms with Crippen molar-refractivity contribution in [3.05, 3.63) is 95.3 Å². The topological polar surface area (TPSA) is 42.7 Å². The van der Waals surface area contributed by atoms with Gasteiger partial charge in [-0.15, -0.1) is 0 Å². The van der Waals surface area contributed by atoms with Gasteiger partial charge in [-0.2, -0.15) is 0 Å². The number of likely N-dealkylation sites (tertiary alicyclic amines) is 1. The lowest BCUT2D eigenvalue weighted by Crippen LogP contribution is -2.50. The third-order valence-electron chi connectivity index (χ3n) is 7.02. The summed E-state index contributed by atoms with van der Waals surface area (Å²) in [5.41, 5.74) is 4.30. The standard InChI is InChI=1S/C30H30FNO3/c1-4-34-29(33)22-18-32(19-22)17-20-10-12-25(26(31)14-20)28-16-21-15-24(11-13-27(21)35-28)30(2,3)23-8-6-5-7-9-23/h5-16,22H,4,17-19H2,1-3H3. The lowest BCUT2D eigenvalue weighted by atomic mass is 9.78. The van der Waals surface area contributed by atoms with E-state index in [0.717, 1.165) is 16.5 Å². The van der Waals surface area contributed by atoms with Crippen LogP contribution in [0, 0.1) is 11.7 Å². The number of carbonyl (C=O) groups excluding carboxylic acids is 1. The number of furan rings is 1. The van der Waals surface area contributed by atoms with Crippen molar-refractivity contribution >= 4 is 16.9 Å². The first-order chi connectivity index (χ1) is 16.8. The van der Waals surface area contributed by atoms with E-state index < -0.39 is 0 Å². The first-order valence-electron chi connectivity index (χ1n) is 12.1. The zero-order valence-electron chi connectivity index (χ0n) is 20.4. The smallest absolute Gasteiger partial charge is 0.311 e. The zero-order chi connectivity index (χ0) is 24.6. The molecule has 3 aromatic carbocycles. The third kappa shape index (κ3) is 4.61. The minimum Gasteiger partial charge on any atom is -0.466 e. The number of rotatable bonds is 7. The molecule has 0 unspecified atom stereocenters. The summed E-state index contributed by atoms with van der Waals surface area (Å²) in [5.74, 6) is -0.0178. The minimum atomic E-state index is -0.311. The molecule has 1 aliphatic heterocycles. The summed E-state index contributed by atoms with van der Waals surface area (Å²) in [6, 6.07) is 23.8. The summed E-state index contributed by atoms with van der Waals surface area (Å²) >= 11 is 0. The number of hydrogen-bond acceptors (Lipinski definition) is 4. The highest BCUT2D eigenvalue weighted by atomic mass is 19.1. The second-order valence-electron chi connectivity index (χ2n) is 9.81. The van der Waals surface area contributed by atoms with Gasteiger partial charge in [-0.3, -0.25) is 9.69 Å². The van der Waals surface area contributed by atoms with Crippen molar-refractivity contribution in [2.24, 2.45) is 5.92 Å². The SMILES string of the molecule is CCOC(=O)C1CN(Cc2ccc(-c3cc4cc(C(C)(C)c5ccccc5)ccc4o3)c(F)c2)C1. The molecule has 35 heavy (non-hydrogen) atoms. The Morgan fingerprint density at radius 2 is 1.80 bits per heavy atom. The van der Waals surface area contributed by atoms with Gasteiger partial charge < -0.3 is 9.15 Å². The fourth-order valence-electron chi connectivity index (χ4n) is 4.81. The molecule has 0 amide bonds. The number of hydrogen-bond donors (Lipinski definition) is 0. The molecule has 4 aromatic rings. The van der Waals surface area contributed by atoms with Gasteiger partial charge in [-0.25, -0.2) is 4.39 Å². The normalized spacial score (nSPS) is 14.7. The van der Waals surface area contributed by atoms with Crippen molar-refractivity contribution < 1.29 is 18.3 Å². The highest BCUT2D eigenvalue weighted by molar-refractivity contribution is 5.84. The molecule has 5 rings (SSSR count). The molecule has 180 valence electrons. The Morgan fingerprint density at radius 1 is 1.03 bits per heavy atom. The maximum Gasteiger partial charge on any atom is 0.311 e. The molecular weight excluding hydrogens is 441 g/mol. The third-order valence-corrected chi connectivity index (χ3v) is 7.02. The maximum absolute atomic E-state index is 15.1. The molecule has 0 bridgehead atoms. The number of benzene rings is 3. The summed E-state index contributed by atoms with van der Waals surface area (Å²) in [7, 11) is 0. The molecule has 0 spiro atoms. The van der Waals surface area contributed by atoms with Gasteiger partial charge in [0.15, 0.2) is 0 Å². The quantitative estimate of drug-likeness (QED) is 0.286. The van der Waals surface area contributed by atoms with Gasteiger partial charge in [0.05, 0.1) is 18.1 Å². The predicted octanol–water partition coefficient (Wildman–Crippen LogP) is 6.56. The molecule has 1 aromatic heterocycles. The van der Waals surface area contributed by atoms with Gasteiger partial charge in [0.1, 0.15) is 17.2 Å². The average Bonchev–Trinajstić information content (AvgIpc) is 3.25. The van der Waals surface area contributed by atoms with E-state index in [1.54, 1.807) is 12.1 Å². The van der Waals surface area contributed by atoms with Crippen LogP contribution in [-0.2, 0) is 21.5 Å². The Labute approximate surface area is 205 Å². The van der Waals surface area contributed by atoms with Gasteiger partial charge >= 0.3 is 5.97 Å². The summed E-state index contributed by atoms with van der Waals surface area (Å²) in [6.45, 7) is 8.51. The van der Waals surface area contributed by atoms with E-state index in [-0.39, 0.29) is 23.1 Å². The second-order valence-corrected chi connectivity index (χ2v) is 9.81. The molecular formula is C30H30FNO3. The van der Waals surface area contributed by atoms with E-state index in [2.05, 4.69) is 55.1 Å². The van der Waals surface area contributed by atoms with Crippen molar-refractivity contribution in [1.29, 1.82) is 0 Å². The monoisotopic (exact) mass is 471 g/mol. The largest absolute Gasteiger partial charge is 0.466 e. The lowest BCUT2D eigenvalue weighted by molar-refractivity contribution is -0.154. The van der Waals surface area contributed by atoms with Crippen LogP contribution < -0.4 is 0 Å². The van der Waals surface area contributed by atoms with E-state index in [4.69, 9.17) is 9.15 Å². The molecule has 0 radical (unpaired) electrons. The van der Waals surface area contributed by atoms with E-state index in [1.807, 2.05) is 31.2 Å². The van der Waals surface area contributed by atoms with Gasteiger partial charge in [0.25, 0.3) is 0 Å². The second kappa shape index (κ2) is 9.31. The minimum absolute atomic E-state index is 0.0774. The number of esters is 1. The van der Waals surface area contributed by atoms with E-state index in [9.17, 15) is 4.79 Å². The van der Waals surface area contributed by atoms with Crippen LogP contribution in [0.3, 0.4) is 0 Å². The molecule has 4 nitrogen and oxygen atoms in total. The molecule has 0 atom stereocenters. The molecule has 2 heterocycles. The predicted molar refractivity (Wildman–Crippen MR) is 136 cm³/mol. The van der Waals surface area contributed by atoms with Crippen LogP contribution >= 0.6 is 0 Å². The van der Waals surface area contributed by atoms with Crippen molar-refractivity contribution in [2.45, 2.75) is 32.7 Å². The summed E-state index contributed by atoms with van der Waals surface area (Å²) in [6.07, 6.45) is 0. The molecule has 1 saturated heterocycles. The molecule has 0 saturated carbocycles. The van der Waals surface area contributed by atoms with Crippen LogP contribution in [0.25, 0.3) is 22.3 Å². The van der Waals surface area contributed by atoms with Crippen molar-refractivity contribution in [3.8, 4) is 11.3 Å². The van der Waals surface area contributed by atoms with E-state index >= 15 is 4.39 Å². The first kappa shape index (κ1) is 23.3. The average molecular weight is 472 g/mol. The van der Waals surface area contributed by atoms with Gasteiger partial charge in [0.2, 0.25) is 0 Å². The van der Waals surface area contributed by atoms with Gasteiger partial charge in [0, 0.05) is 30.4 Å². The van der Waals surface area contributed by atoms with Crippen LogP contribution in [0.5, 0.6) is 0 Å². The van der Waals surface area contributed by atoms with Crippen LogP contribution in [0.2, 0.25) is 0 Å². The van der Waals surface area contributed by atoms with Crippen LogP contribution in [0.4, 0.5) is 4.39 Å². The molecule has 1 fully saturated rings. The number of nitrogens with zero attached hydrogens (tertiary/aromatic N) is 1. The first-order valence-corrected chi connectivity index (χ1v) is 12.1. The Hall–Kier alpha value is -3.44. The Morgan fingerprint density at radius 3 is 2.51 bits per heavy atom. The Kier molecular flexibility index (Phi) is 6.20. The van der Waals surface area contributed by atoms with Crippen molar-refractivity contribution in [1.82, 2.24) is 4.90 Å². The Balaban J connectivity index is 1.33. The Bertz CT molecular complexity index is 1350. The van der Waals surface area contributed by atoms with Crippen LogP contribution in [0.1, 0.15) is 37.5 Å². The summed E-state index contributed by atoms with van der Waals surface area (Å²) < 4.78 is 26.2. The van der Waals surface area contributed by atoms with E-state index in [1.165, 1.54) is 11.1 Å².